The van der Waals surface area contributed by atoms with Gasteiger partial charge in [-0.3, -0.25) is 4.55 Å². The molecule has 0 saturated heterocycles. The minimum absolute atomic E-state index is 0.363. The molecule has 2 N–H and O–H groups in total. The Morgan fingerprint density at radius 3 is 1.30 bits per heavy atom. The van der Waals surface area contributed by atoms with Gasteiger partial charge in [-0.05, 0) is 12.8 Å². The van der Waals surface area contributed by atoms with Gasteiger partial charge in [0.05, 0.1) is 6.10 Å². The van der Waals surface area contributed by atoms with Gasteiger partial charge < -0.3 is 5.11 Å². The molecule has 0 radical (unpaired) electrons. The summed E-state index contributed by atoms with van der Waals surface area (Å²) in [5.74, 6) is 0. The molecule has 0 rings (SSSR count). The number of hydrogen-bond donors (Lipinski definition) is 2. The number of rotatable bonds is 20. The van der Waals surface area contributed by atoms with Crippen molar-refractivity contribution in [3.05, 3.63) is 0 Å². The van der Waals surface area contributed by atoms with Crippen LogP contribution in [-0.4, -0.2) is 29.4 Å². The van der Waals surface area contributed by atoms with E-state index in [1.165, 1.54) is 51.4 Å². The number of aliphatic hydroxyl groups excluding tert-OH is 1. The summed E-state index contributed by atoms with van der Waals surface area (Å²) in [6.45, 7) is 4.38. The van der Waals surface area contributed by atoms with Crippen LogP contribution in [0.1, 0.15) is 129 Å². The molecule has 0 aliphatic carbocycles. The van der Waals surface area contributed by atoms with Gasteiger partial charge in [0.2, 0.25) is 0 Å². The highest BCUT2D eigenvalue weighted by atomic mass is 32.2. The molecule has 0 aliphatic rings. The molecular formula is C22H46O4S. The molecule has 0 aromatic rings. The third kappa shape index (κ3) is 16.5. The molecule has 27 heavy (non-hydrogen) atoms. The molecule has 4 nitrogen and oxygen atoms in total. The lowest BCUT2D eigenvalue weighted by Gasteiger charge is -2.20. The van der Waals surface area contributed by atoms with E-state index in [9.17, 15) is 18.1 Å². The van der Waals surface area contributed by atoms with Crippen LogP contribution in [0.5, 0.6) is 0 Å². The van der Waals surface area contributed by atoms with E-state index in [0.29, 0.717) is 12.8 Å². The zero-order valence-electron chi connectivity index (χ0n) is 18.0. The molecule has 0 bridgehead atoms. The van der Waals surface area contributed by atoms with Crippen molar-refractivity contribution in [1.82, 2.24) is 0 Å². The predicted molar refractivity (Wildman–Crippen MR) is 116 cm³/mol. The van der Waals surface area contributed by atoms with Crippen LogP contribution in [0, 0.1) is 0 Å². The Balaban J connectivity index is 3.79. The van der Waals surface area contributed by atoms with Crippen LogP contribution in [0.4, 0.5) is 0 Å². The van der Waals surface area contributed by atoms with Crippen LogP contribution in [0.3, 0.4) is 0 Å². The second kappa shape index (κ2) is 17.9. The summed E-state index contributed by atoms with van der Waals surface area (Å²) < 4.78 is 32.6. The average molecular weight is 407 g/mol. The lowest BCUT2D eigenvalue weighted by Crippen LogP contribution is -2.33. The van der Waals surface area contributed by atoms with Crippen molar-refractivity contribution >= 4 is 10.1 Å². The molecule has 0 spiro atoms. The Morgan fingerprint density at radius 1 is 0.593 bits per heavy atom. The molecule has 0 aromatic heterocycles. The van der Waals surface area contributed by atoms with E-state index in [-0.39, 0.29) is 0 Å². The smallest absolute Gasteiger partial charge is 0.270 e. The molecule has 0 fully saturated rings. The maximum Gasteiger partial charge on any atom is 0.270 e. The Labute approximate surface area is 169 Å². The fourth-order valence-electron chi connectivity index (χ4n) is 3.69. The summed E-state index contributed by atoms with van der Waals surface area (Å²) >= 11 is 0. The van der Waals surface area contributed by atoms with Crippen LogP contribution < -0.4 is 0 Å². The van der Waals surface area contributed by atoms with E-state index in [0.717, 1.165) is 51.4 Å². The Morgan fingerprint density at radius 2 is 0.926 bits per heavy atom. The minimum Gasteiger partial charge on any atom is -0.392 e. The lowest BCUT2D eigenvalue weighted by atomic mass is 10.0. The summed E-state index contributed by atoms with van der Waals surface area (Å²) in [6, 6.07) is 0. The monoisotopic (exact) mass is 406 g/mol. The minimum atomic E-state index is -4.17. The van der Waals surface area contributed by atoms with Crippen molar-refractivity contribution in [1.29, 1.82) is 0 Å². The molecule has 2 atom stereocenters. The molecule has 0 aliphatic heterocycles. The first-order chi connectivity index (χ1) is 12.9. The number of unbranched alkanes of at least 4 members (excludes halogenated alkanes) is 14. The summed E-state index contributed by atoms with van der Waals surface area (Å²) in [5, 5.41) is 9.24. The molecule has 0 aromatic carbocycles. The van der Waals surface area contributed by atoms with Gasteiger partial charge in [-0.1, -0.05) is 117 Å². The average Bonchev–Trinajstić information content (AvgIpc) is 2.61. The van der Waals surface area contributed by atoms with Crippen LogP contribution in [-0.2, 0) is 10.1 Å². The first-order valence-corrected chi connectivity index (χ1v) is 13.1. The topological polar surface area (TPSA) is 74.6 Å². The first-order valence-electron chi connectivity index (χ1n) is 11.6. The molecule has 0 amide bonds. The lowest BCUT2D eigenvalue weighted by molar-refractivity contribution is 0.146. The summed E-state index contributed by atoms with van der Waals surface area (Å²) in [5.41, 5.74) is 0. The third-order valence-corrected chi connectivity index (χ3v) is 6.82. The normalized spacial score (nSPS) is 14.4. The van der Waals surface area contributed by atoms with Gasteiger partial charge >= 0.3 is 0 Å². The van der Waals surface area contributed by atoms with E-state index in [1.54, 1.807) is 0 Å². The molecule has 5 heteroatoms. The fourth-order valence-corrected chi connectivity index (χ4v) is 4.69. The summed E-state index contributed by atoms with van der Waals surface area (Å²) in [6.07, 6.45) is 18.5. The van der Waals surface area contributed by atoms with Gasteiger partial charge in [0.25, 0.3) is 10.1 Å². The van der Waals surface area contributed by atoms with Gasteiger partial charge in [-0.2, -0.15) is 8.42 Å². The van der Waals surface area contributed by atoms with E-state index in [2.05, 4.69) is 13.8 Å². The zero-order valence-corrected chi connectivity index (χ0v) is 18.8. The quantitative estimate of drug-likeness (QED) is 0.175. The SMILES string of the molecule is CCCCCCCCCCCCCC(O)C(CCCCCCC)S(=O)(=O)O. The summed E-state index contributed by atoms with van der Waals surface area (Å²) in [4.78, 5) is 0. The number of aliphatic hydroxyl groups is 1. The number of hydrogen-bond acceptors (Lipinski definition) is 3. The molecular weight excluding hydrogens is 360 g/mol. The Bertz CT molecular complexity index is 409. The van der Waals surface area contributed by atoms with Crippen molar-refractivity contribution in [2.75, 3.05) is 0 Å². The van der Waals surface area contributed by atoms with Crippen molar-refractivity contribution in [2.45, 2.75) is 141 Å². The molecule has 0 heterocycles. The van der Waals surface area contributed by atoms with Gasteiger partial charge in [-0.15, -0.1) is 0 Å². The molecule has 0 saturated carbocycles. The Hall–Kier alpha value is -0.130. The third-order valence-electron chi connectivity index (χ3n) is 5.51. The highest BCUT2D eigenvalue weighted by Gasteiger charge is 2.29. The van der Waals surface area contributed by atoms with Crippen molar-refractivity contribution in [2.24, 2.45) is 0 Å². The van der Waals surface area contributed by atoms with Crippen LogP contribution in [0.2, 0.25) is 0 Å². The maximum atomic E-state index is 11.6. The molecule has 164 valence electrons. The van der Waals surface area contributed by atoms with E-state index >= 15 is 0 Å². The highest BCUT2D eigenvalue weighted by molar-refractivity contribution is 7.86. The van der Waals surface area contributed by atoms with E-state index < -0.39 is 21.5 Å². The molecule has 2 unspecified atom stereocenters. The van der Waals surface area contributed by atoms with Gasteiger partial charge in [-0.25, -0.2) is 0 Å². The largest absolute Gasteiger partial charge is 0.392 e. The standard InChI is InChI=1S/C22H46O4S/c1-3-5-7-9-10-11-12-13-14-16-17-19-21(23)22(27(24,25)26)20-18-15-8-6-4-2/h21-23H,3-20H2,1-2H3,(H,24,25,26). The second-order valence-electron chi connectivity index (χ2n) is 8.15. The van der Waals surface area contributed by atoms with Crippen LogP contribution in [0.25, 0.3) is 0 Å². The van der Waals surface area contributed by atoms with Crippen molar-refractivity contribution in [3.8, 4) is 0 Å². The zero-order chi connectivity index (χ0) is 20.4. The van der Waals surface area contributed by atoms with Gasteiger partial charge in [0, 0.05) is 0 Å². The second-order valence-corrected chi connectivity index (χ2v) is 9.78. The van der Waals surface area contributed by atoms with E-state index in [4.69, 9.17) is 0 Å². The van der Waals surface area contributed by atoms with Crippen LogP contribution >= 0.6 is 0 Å². The van der Waals surface area contributed by atoms with Crippen molar-refractivity contribution < 1.29 is 18.1 Å². The van der Waals surface area contributed by atoms with Crippen molar-refractivity contribution in [3.63, 3.8) is 0 Å². The van der Waals surface area contributed by atoms with E-state index in [1.807, 2.05) is 0 Å². The Kier molecular flexibility index (Phi) is 17.8. The van der Waals surface area contributed by atoms with Crippen LogP contribution in [0.15, 0.2) is 0 Å². The first kappa shape index (κ1) is 26.9. The summed E-state index contributed by atoms with van der Waals surface area (Å²) in [7, 11) is -4.17. The maximum absolute atomic E-state index is 11.6. The van der Waals surface area contributed by atoms with Gasteiger partial charge in [0.15, 0.2) is 0 Å². The highest BCUT2D eigenvalue weighted by Crippen LogP contribution is 2.20. The van der Waals surface area contributed by atoms with Gasteiger partial charge in [0.1, 0.15) is 5.25 Å². The fraction of sp³-hybridized carbons (Fsp3) is 1.00. The predicted octanol–water partition coefficient (Wildman–Crippen LogP) is 6.67.